The van der Waals surface area contributed by atoms with E-state index in [1.165, 1.54) is 18.2 Å². The summed E-state index contributed by atoms with van der Waals surface area (Å²) < 4.78 is 5.27. The number of nitrogens with one attached hydrogen (secondary N) is 1. The molecule has 0 aliphatic rings. The molecule has 1 amide bonds. The molecule has 2 rings (SSSR count). The SMILES string of the molecule is Cc1ccc(NC(=O)COc2cccc(C#N)c2)c([N+](=O)[O-])c1. The zero-order valence-electron chi connectivity index (χ0n) is 12.3. The lowest BCUT2D eigenvalue weighted by atomic mass is 10.2. The Kier molecular flexibility index (Phi) is 4.89. The molecule has 0 radical (unpaired) electrons. The van der Waals surface area contributed by atoms with Gasteiger partial charge in [0.15, 0.2) is 6.61 Å². The molecule has 0 aromatic heterocycles. The molecule has 2 aromatic rings. The van der Waals surface area contributed by atoms with Gasteiger partial charge < -0.3 is 10.1 Å². The van der Waals surface area contributed by atoms with E-state index >= 15 is 0 Å². The number of nitriles is 1. The molecule has 0 unspecified atom stereocenters. The highest BCUT2D eigenvalue weighted by Gasteiger charge is 2.16. The summed E-state index contributed by atoms with van der Waals surface area (Å²) in [7, 11) is 0. The van der Waals surface area contributed by atoms with E-state index in [-0.39, 0.29) is 18.0 Å². The third-order valence-corrected chi connectivity index (χ3v) is 2.96. The van der Waals surface area contributed by atoms with Crippen LogP contribution in [0.4, 0.5) is 11.4 Å². The van der Waals surface area contributed by atoms with Crippen molar-refractivity contribution < 1.29 is 14.5 Å². The molecule has 2 aromatic carbocycles. The van der Waals surface area contributed by atoms with Crippen molar-refractivity contribution in [1.29, 1.82) is 5.26 Å². The van der Waals surface area contributed by atoms with Gasteiger partial charge in [0.1, 0.15) is 11.4 Å². The summed E-state index contributed by atoms with van der Waals surface area (Å²) in [6.07, 6.45) is 0. The molecule has 0 spiro atoms. The first kappa shape index (κ1) is 16.0. The molecule has 7 nitrogen and oxygen atoms in total. The molecule has 0 aliphatic carbocycles. The van der Waals surface area contributed by atoms with Crippen LogP contribution in [0.3, 0.4) is 0 Å². The van der Waals surface area contributed by atoms with Gasteiger partial charge in [-0.25, -0.2) is 0 Å². The lowest BCUT2D eigenvalue weighted by Crippen LogP contribution is -2.20. The fourth-order valence-corrected chi connectivity index (χ4v) is 1.89. The van der Waals surface area contributed by atoms with Crippen LogP contribution in [0, 0.1) is 28.4 Å². The van der Waals surface area contributed by atoms with E-state index in [0.29, 0.717) is 11.3 Å². The summed E-state index contributed by atoms with van der Waals surface area (Å²) in [6.45, 7) is 1.41. The van der Waals surface area contributed by atoms with Gasteiger partial charge in [0.2, 0.25) is 0 Å². The minimum atomic E-state index is -0.556. The highest BCUT2D eigenvalue weighted by molar-refractivity contribution is 5.94. The summed E-state index contributed by atoms with van der Waals surface area (Å²) >= 11 is 0. The van der Waals surface area contributed by atoms with Crippen molar-refractivity contribution in [3.63, 3.8) is 0 Å². The zero-order chi connectivity index (χ0) is 16.8. The van der Waals surface area contributed by atoms with Crippen LogP contribution in [-0.4, -0.2) is 17.4 Å². The predicted octanol–water partition coefficient (Wildman–Crippen LogP) is 2.79. The van der Waals surface area contributed by atoms with E-state index in [1.54, 1.807) is 31.2 Å². The van der Waals surface area contributed by atoms with E-state index < -0.39 is 10.8 Å². The number of nitrogens with zero attached hydrogens (tertiary/aromatic N) is 2. The molecule has 1 N–H and O–H groups in total. The van der Waals surface area contributed by atoms with Gasteiger partial charge in [0.05, 0.1) is 16.6 Å². The Balaban J connectivity index is 2.03. The van der Waals surface area contributed by atoms with Gasteiger partial charge in [-0.1, -0.05) is 12.1 Å². The fraction of sp³-hybridized carbons (Fsp3) is 0.125. The molecule has 0 saturated carbocycles. The summed E-state index contributed by atoms with van der Waals surface area (Å²) in [4.78, 5) is 22.3. The Labute approximate surface area is 132 Å². The first-order chi connectivity index (χ1) is 11.0. The molecule has 0 atom stereocenters. The Hall–Kier alpha value is -3.40. The lowest BCUT2D eigenvalue weighted by molar-refractivity contribution is -0.384. The first-order valence-electron chi connectivity index (χ1n) is 6.67. The molecule has 7 heteroatoms. The lowest BCUT2D eigenvalue weighted by Gasteiger charge is -2.08. The number of anilines is 1. The molecule has 116 valence electrons. The highest BCUT2D eigenvalue weighted by Crippen LogP contribution is 2.25. The number of nitro benzene ring substituents is 1. The normalized spacial score (nSPS) is 9.74. The monoisotopic (exact) mass is 311 g/mol. The Bertz CT molecular complexity index is 796. The van der Waals surface area contributed by atoms with Crippen LogP contribution in [0.15, 0.2) is 42.5 Å². The molecular weight excluding hydrogens is 298 g/mol. The number of amides is 1. The average Bonchev–Trinajstić information content (AvgIpc) is 2.54. The van der Waals surface area contributed by atoms with Gasteiger partial charge in [0, 0.05) is 6.07 Å². The number of carbonyl (C=O) groups is 1. The van der Waals surface area contributed by atoms with E-state index in [4.69, 9.17) is 10.00 Å². The van der Waals surface area contributed by atoms with Crippen LogP contribution in [0.2, 0.25) is 0 Å². The van der Waals surface area contributed by atoms with Crippen LogP contribution in [0.25, 0.3) is 0 Å². The van der Waals surface area contributed by atoms with E-state index in [1.807, 2.05) is 6.07 Å². The van der Waals surface area contributed by atoms with Crippen molar-refractivity contribution in [3.05, 3.63) is 63.7 Å². The number of ether oxygens (including phenoxy) is 1. The largest absolute Gasteiger partial charge is 0.484 e. The number of hydrogen-bond donors (Lipinski definition) is 1. The zero-order valence-corrected chi connectivity index (χ0v) is 12.3. The van der Waals surface area contributed by atoms with E-state index in [2.05, 4.69) is 5.32 Å². The molecule has 23 heavy (non-hydrogen) atoms. The Morgan fingerprint density at radius 2 is 2.13 bits per heavy atom. The highest BCUT2D eigenvalue weighted by atomic mass is 16.6. The maximum atomic E-state index is 11.9. The molecule has 0 heterocycles. The quantitative estimate of drug-likeness (QED) is 0.675. The van der Waals surface area contributed by atoms with Crippen LogP contribution in [0.1, 0.15) is 11.1 Å². The summed E-state index contributed by atoms with van der Waals surface area (Å²) in [6, 6.07) is 12.9. The van der Waals surface area contributed by atoms with Crippen molar-refractivity contribution in [2.45, 2.75) is 6.92 Å². The smallest absolute Gasteiger partial charge is 0.293 e. The van der Waals surface area contributed by atoms with Crippen LogP contribution < -0.4 is 10.1 Å². The second-order valence-corrected chi connectivity index (χ2v) is 4.75. The summed E-state index contributed by atoms with van der Waals surface area (Å²) in [5, 5.41) is 22.2. The van der Waals surface area contributed by atoms with Crippen LogP contribution in [0.5, 0.6) is 5.75 Å². The molecule has 0 saturated heterocycles. The molecule has 0 aliphatic heterocycles. The Morgan fingerprint density at radius 1 is 1.35 bits per heavy atom. The number of aryl methyl sites for hydroxylation is 1. The second kappa shape index (κ2) is 7.04. The van der Waals surface area contributed by atoms with E-state index in [9.17, 15) is 14.9 Å². The fourth-order valence-electron chi connectivity index (χ4n) is 1.89. The van der Waals surface area contributed by atoms with Crippen molar-refractivity contribution in [3.8, 4) is 11.8 Å². The molecule has 0 fully saturated rings. The second-order valence-electron chi connectivity index (χ2n) is 4.75. The maximum absolute atomic E-state index is 11.9. The minimum absolute atomic E-state index is 0.111. The number of hydrogen-bond acceptors (Lipinski definition) is 5. The average molecular weight is 311 g/mol. The molecule has 0 bridgehead atoms. The number of benzene rings is 2. The van der Waals surface area contributed by atoms with Gasteiger partial charge in [-0.3, -0.25) is 14.9 Å². The van der Waals surface area contributed by atoms with Crippen molar-refractivity contribution in [2.24, 2.45) is 0 Å². The first-order valence-corrected chi connectivity index (χ1v) is 6.67. The van der Waals surface area contributed by atoms with Gasteiger partial charge in [0.25, 0.3) is 11.6 Å². The van der Waals surface area contributed by atoms with Crippen molar-refractivity contribution in [2.75, 3.05) is 11.9 Å². The Morgan fingerprint density at radius 3 is 2.83 bits per heavy atom. The van der Waals surface area contributed by atoms with Crippen molar-refractivity contribution in [1.82, 2.24) is 0 Å². The number of rotatable bonds is 5. The number of nitro groups is 1. The van der Waals surface area contributed by atoms with Gasteiger partial charge in [-0.2, -0.15) is 5.26 Å². The third kappa shape index (κ3) is 4.28. The van der Waals surface area contributed by atoms with Gasteiger partial charge in [-0.05, 0) is 36.8 Å². The van der Waals surface area contributed by atoms with Gasteiger partial charge in [-0.15, -0.1) is 0 Å². The summed E-state index contributed by atoms with van der Waals surface area (Å²) in [5.41, 5.74) is 1.07. The minimum Gasteiger partial charge on any atom is -0.484 e. The van der Waals surface area contributed by atoms with Crippen LogP contribution >= 0.6 is 0 Å². The van der Waals surface area contributed by atoms with Gasteiger partial charge >= 0.3 is 0 Å². The number of carbonyl (C=O) groups excluding carboxylic acids is 1. The standard InChI is InChI=1S/C16H13N3O4/c1-11-5-6-14(15(7-11)19(21)22)18-16(20)10-23-13-4-2-3-12(8-13)9-17/h2-8H,10H2,1H3,(H,18,20). The van der Waals surface area contributed by atoms with E-state index in [0.717, 1.165) is 5.56 Å². The third-order valence-electron chi connectivity index (χ3n) is 2.96. The summed E-state index contributed by atoms with van der Waals surface area (Å²) in [5.74, 6) is -0.156. The van der Waals surface area contributed by atoms with Crippen LogP contribution in [-0.2, 0) is 4.79 Å². The predicted molar refractivity (Wildman–Crippen MR) is 83.1 cm³/mol. The van der Waals surface area contributed by atoms with Crippen molar-refractivity contribution >= 4 is 17.3 Å². The molecular formula is C16H13N3O4. The topological polar surface area (TPSA) is 105 Å². The maximum Gasteiger partial charge on any atom is 0.293 e.